The first-order valence-electron chi connectivity index (χ1n) is 7.23. The average molecular weight is 288 g/mol. The Labute approximate surface area is 123 Å². The number of nitrogens with one attached hydrogen (secondary N) is 1. The molecule has 0 aliphatic carbocycles. The van der Waals surface area contributed by atoms with Crippen LogP contribution < -0.4 is 5.32 Å². The number of halogens is 2. The van der Waals surface area contributed by atoms with Gasteiger partial charge in [-0.25, -0.2) is 4.39 Å². The minimum Gasteiger partial charge on any atom is -0.310 e. The van der Waals surface area contributed by atoms with Crippen LogP contribution in [0.15, 0.2) is 24.3 Å². The fraction of sp³-hybridized carbons (Fsp3) is 0.625. The molecule has 0 aliphatic heterocycles. The predicted molar refractivity (Wildman–Crippen MR) is 83.4 cm³/mol. The first-order chi connectivity index (χ1) is 8.74. The summed E-state index contributed by atoms with van der Waals surface area (Å²) in [6, 6.07) is 7.07. The average Bonchev–Trinajstić information content (AvgIpc) is 2.38. The lowest BCUT2D eigenvalue weighted by atomic mass is 10.1. The summed E-state index contributed by atoms with van der Waals surface area (Å²) < 4.78 is 12.8. The SMILES string of the molecule is CCCCCCCCNC(C)c1ccc(F)cc1.Cl. The third-order valence-corrected chi connectivity index (χ3v) is 3.35. The van der Waals surface area contributed by atoms with Gasteiger partial charge in [0.25, 0.3) is 0 Å². The maximum atomic E-state index is 12.8. The lowest BCUT2D eigenvalue weighted by Crippen LogP contribution is -2.19. The van der Waals surface area contributed by atoms with Gasteiger partial charge in [0.05, 0.1) is 0 Å². The van der Waals surface area contributed by atoms with Crippen molar-refractivity contribution in [3.63, 3.8) is 0 Å². The van der Waals surface area contributed by atoms with Crippen molar-refractivity contribution in [2.75, 3.05) is 6.54 Å². The van der Waals surface area contributed by atoms with Crippen LogP contribution in [0.4, 0.5) is 4.39 Å². The largest absolute Gasteiger partial charge is 0.310 e. The van der Waals surface area contributed by atoms with Gasteiger partial charge in [0.2, 0.25) is 0 Å². The Kier molecular flexibility index (Phi) is 10.9. The van der Waals surface area contributed by atoms with Gasteiger partial charge in [0.15, 0.2) is 0 Å². The Balaban J connectivity index is 0.00000324. The third kappa shape index (κ3) is 8.22. The van der Waals surface area contributed by atoms with E-state index in [0.29, 0.717) is 6.04 Å². The van der Waals surface area contributed by atoms with E-state index in [1.165, 1.54) is 50.7 Å². The second-order valence-corrected chi connectivity index (χ2v) is 5.00. The van der Waals surface area contributed by atoms with Crippen molar-refractivity contribution in [1.82, 2.24) is 5.32 Å². The van der Waals surface area contributed by atoms with E-state index in [1.54, 1.807) is 0 Å². The first-order valence-corrected chi connectivity index (χ1v) is 7.23. The topological polar surface area (TPSA) is 12.0 Å². The minimum atomic E-state index is -0.165. The van der Waals surface area contributed by atoms with E-state index < -0.39 is 0 Å². The molecular weight excluding hydrogens is 261 g/mol. The van der Waals surface area contributed by atoms with Gasteiger partial charge < -0.3 is 5.32 Å². The molecule has 0 aromatic heterocycles. The Morgan fingerprint density at radius 3 is 2.21 bits per heavy atom. The summed E-state index contributed by atoms with van der Waals surface area (Å²) in [7, 11) is 0. The number of benzene rings is 1. The van der Waals surface area contributed by atoms with Crippen LogP contribution in [0, 0.1) is 5.82 Å². The van der Waals surface area contributed by atoms with Gasteiger partial charge in [-0.1, -0.05) is 51.2 Å². The van der Waals surface area contributed by atoms with E-state index in [-0.39, 0.29) is 18.2 Å². The monoisotopic (exact) mass is 287 g/mol. The van der Waals surface area contributed by atoms with Gasteiger partial charge in [-0.15, -0.1) is 12.4 Å². The van der Waals surface area contributed by atoms with Crippen molar-refractivity contribution in [2.45, 2.75) is 58.4 Å². The molecule has 0 aliphatic rings. The van der Waals surface area contributed by atoms with Crippen LogP contribution in [0.2, 0.25) is 0 Å². The summed E-state index contributed by atoms with van der Waals surface area (Å²) in [5, 5.41) is 3.49. The Morgan fingerprint density at radius 1 is 1.00 bits per heavy atom. The van der Waals surface area contributed by atoms with Crippen LogP contribution in [-0.4, -0.2) is 6.54 Å². The molecular formula is C16H27ClFN. The fourth-order valence-electron chi connectivity index (χ4n) is 2.09. The second-order valence-electron chi connectivity index (χ2n) is 5.00. The predicted octanol–water partition coefficient (Wildman–Crippen LogP) is 5.26. The summed E-state index contributed by atoms with van der Waals surface area (Å²) in [6.45, 7) is 5.42. The summed E-state index contributed by atoms with van der Waals surface area (Å²) in [5.74, 6) is -0.165. The molecule has 1 unspecified atom stereocenters. The molecule has 1 N–H and O–H groups in total. The van der Waals surface area contributed by atoms with Crippen LogP contribution in [0.3, 0.4) is 0 Å². The van der Waals surface area contributed by atoms with E-state index in [4.69, 9.17) is 0 Å². The molecule has 1 nitrogen and oxygen atoms in total. The molecule has 1 aromatic rings. The van der Waals surface area contributed by atoms with Crippen molar-refractivity contribution in [3.8, 4) is 0 Å². The van der Waals surface area contributed by atoms with Gasteiger partial charge in [0.1, 0.15) is 5.82 Å². The number of unbranched alkanes of at least 4 members (excludes halogenated alkanes) is 5. The molecule has 0 amide bonds. The number of rotatable bonds is 9. The van der Waals surface area contributed by atoms with Gasteiger partial charge in [-0.3, -0.25) is 0 Å². The van der Waals surface area contributed by atoms with E-state index in [1.807, 2.05) is 12.1 Å². The summed E-state index contributed by atoms with van der Waals surface area (Å²) >= 11 is 0. The van der Waals surface area contributed by atoms with Crippen molar-refractivity contribution in [1.29, 1.82) is 0 Å². The van der Waals surface area contributed by atoms with Gasteiger partial charge in [-0.05, 0) is 37.6 Å². The summed E-state index contributed by atoms with van der Waals surface area (Å²) in [6.07, 6.45) is 7.92. The van der Waals surface area contributed by atoms with Crippen molar-refractivity contribution in [3.05, 3.63) is 35.6 Å². The molecule has 0 saturated heterocycles. The lowest BCUT2D eigenvalue weighted by Gasteiger charge is -2.14. The maximum Gasteiger partial charge on any atom is 0.123 e. The smallest absolute Gasteiger partial charge is 0.123 e. The highest BCUT2D eigenvalue weighted by atomic mass is 35.5. The summed E-state index contributed by atoms with van der Waals surface area (Å²) in [5.41, 5.74) is 1.15. The molecule has 0 radical (unpaired) electrons. The second kappa shape index (κ2) is 11.2. The summed E-state index contributed by atoms with van der Waals surface area (Å²) in [4.78, 5) is 0. The van der Waals surface area contributed by atoms with Gasteiger partial charge in [-0.2, -0.15) is 0 Å². The van der Waals surface area contributed by atoms with Crippen LogP contribution in [0.1, 0.15) is 64.0 Å². The molecule has 1 rings (SSSR count). The van der Waals surface area contributed by atoms with E-state index in [2.05, 4.69) is 19.2 Å². The highest BCUT2D eigenvalue weighted by Crippen LogP contribution is 2.13. The Hall–Kier alpha value is -0.600. The van der Waals surface area contributed by atoms with Crippen LogP contribution >= 0.6 is 12.4 Å². The van der Waals surface area contributed by atoms with Crippen molar-refractivity contribution < 1.29 is 4.39 Å². The minimum absolute atomic E-state index is 0. The molecule has 1 atom stereocenters. The van der Waals surface area contributed by atoms with Gasteiger partial charge >= 0.3 is 0 Å². The highest BCUT2D eigenvalue weighted by Gasteiger charge is 2.03. The lowest BCUT2D eigenvalue weighted by molar-refractivity contribution is 0.526. The standard InChI is InChI=1S/C16H26FN.ClH/c1-3-4-5-6-7-8-13-18-14(2)15-9-11-16(17)12-10-15;/h9-12,14,18H,3-8,13H2,1-2H3;1H. The molecule has 1 aromatic carbocycles. The highest BCUT2D eigenvalue weighted by molar-refractivity contribution is 5.85. The molecule has 0 saturated carbocycles. The zero-order valence-corrected chi connectivity index (χ0v) is 12.9. The zero-order chi connectivity index (χ0) is 13.2. The number of hydrogen-bond donors (Lipinski definition) is 1. The van der Waals surface area contributed by atoms with Crippen LogP contribution in [-0.2, 0) is 0 Å². The van der Waals surface area contributed by atoms with E-state index in [0.717, 1.165) is 12.1 Å². The van der Waals surface area contributed by atoms with Crippen LogP contribution in [0.25, 0.3) is 0 Å². The molecule has 0 heterocycles. The van der Waals surface area contributed by atoms with Gasteiger partial charge in [0, 0.05) is 6.04 Å². The maximum absolute atomic E-state index is 12.8. The normalized spacial score (nSPS) is 11.9. The zero-order valence-electron chi connectivity index (χ0n) is 12.1. The fourth-order valence-corrected chi connectivity index (χ4v) is 2.09. The molecule has 110 valence electrons. The molecule has 0 spiro atoms. The Morgan fingerprint density at radius 2 is 1.58 bits per heavy atom. The Bertz CT molecular complexity index is 313. The first kappa shape index (κ1) is 18.4. The quantitative estimate of drug-likeness (QED) is 0.611. The van der Waals surface area contributed by atoms with E-state index in [9.17, 15) is 4.39 Å². The van der Waals surface area contributed by atoms with Crippen LogP contribution in [0.5, 0.6) is 0 Å². The molecule has 3 heteroatoms. The number of hydrogen-bond acceptors (Lipinski definition) is 1. The molecule has 0 fully saturated rings. The van der Waals surface area contributed by atoms with Crippen molar-refractivity contribution >= 4 is 12.4 Å². The van der Waals surface area contributed by atoms with E-state index >= 15 is 0 Å². The molecule has 19 heavy (non-hydrogen) atoms. The van der Waals surface area contributed by atoms with Crippen molar-refractivity contribution in [2.24, 2.45) is 0 Å². The third-order valence-electron chi connectivity index (χ3n) is 3.35. The molecule has 0 bridgehead atoms.